The average Bonchev–Trinajstić information content (AvgIpc) is 2.30. The SMILES string of the molecule is COc1cccc(/C=N\N=C(N)N)c1OC(C)C. The second kappa shape index (κ2) is 6.48. The number of ether oxygens (including phenoxy) is 2. The maximum atomic E-state index is 5.70. The summed E-state index contributed by atoms with van der Waals surface area (Å²) in [5.41, 5.74) is 11.1. The molecule has 0 amide bonds. The van der Waals surface area contributed by atoms with Crippen molar-refractivity contribution < 1.29 is 9.47 Å². The van der Waals surface area contributed by atoms with Gasteiger partial charge in [0.15, 0.2) is 11.5 Å². The smallest absolute Gasteiger partial charge is 0.211 e. The summed E-state index contributed by atoms with van der Waals surface area (Å²) >= 11 is 0. The van der Waals surface area contributed by atoms with Gasteiger partial charge in [0, 0.05) is 5.56 Å². The van der Waals surface area contributed by atoms with Crippen molar-refractivity contribution >= 4 is 12.2 Å². The molecule has 18 heavy (non-hydrogen) atoms. The average molecular weight is 250 g/mol. The molecule has 1 rings (SSSR count). The lowest BCUT2D eigenvalue weighted by Gasteiger charge is -2.15. The number of nitrogens with two attached hydrogens (primary N) is 2. The number of rotatable bonds is 5. The van der Waals surface area contributed by atoms with Gasteiger partial charge in [-0.3, -0.25) is 0 Å². The first-order valence-corrected chi connectivity index (χ1v) is 5.50. The van der Waals surface area contributed by atoms with Crippen LogP contribution in [0, 0.1) is 0 Å². The van der Waals surface area contributed by atoms with Crippen molar-refractivity contribution in [3.63, 3.8) is 0 Å². The molecular weight excluding hydrogens is 232 g/mol. The van der Waals surface area contributed by atoms with E-state index in [2.05, 4.69) is 10.2 Å². The molecule has 0 spiro atoms. The third-order valence-electron chi connectivity index (χ3n) is 1.95. The molecule has 0 fully saturated rings. The molecular formula is C12H18N4O2. The zero-order valence-electron chi connectivity index (χ0n) is 10.8. The molecule has 6 nitrogen and oxygen atoms in total. The van der Waals surface area contributed by atoms with Gasteiger partial charge in [-0.25, -0.2) is 0 Å². The molecule has 0 radical (unpaired) electrons. The van der Waals surface area contributed by atoms with Gasteiger partial charge in [0.2, 0.25) is 5.96 Å². The van der Waals surface area contributed by atoms with Crippen molar-refractivity contribution in [2.45, 2.75) is 20.0 Å². The van der Waals surface area contributed by atoms with Crippen molar-refractivity contribution in [3.8, 4) is 11.5 Å². The van der Waals surface area contributed by atoms with Crippen LogP contribution in [0.25, 0.3) is 0 Å². The highest BCUT2D eigenvalue weighted by atomic mass is 16.5. The van der Waals surface area contributed by atoms with Crippen LogP contribution in [0.2, 0.25) is 0 Å². The molecule has 1 aromatic carbocycles. The molecule has 1 aromatic rings. The van der Waals surface area contributed by atoms with E-state index in [9.17, 15) is 0 Å². The van der Waals surface area contributed by atoms with E-state index in [-0.39, 0.29) is 12.1 Å². The van der Waals surface area contributed by atoms with Crippen LogP contribution in [0.4, 0.5) is 0 Å². The number of nitrogens with zero attached hydrogens (tertiary/aromatic N) is 2. The fraction of sp³-hybridized carbons (Fsp3) is 0.333. The molecule has 0 unspecified atom stereocenters. The Kier molecular flexibility index (Phi) is 4.98. The Morgan fingerprint density at radius 1 is 1.33 bits per heavy atom. The number of methoxy groups -OCH3 is 1. The third kappa shape index (κ3) is 3.97. The molecule has 0 aliphatic rings. The maximum absolute atomic E-state index is 5.70. The predicted molar refractivity (Wildman–Crippen MR) is 72.2 cm³/mol. The topological polar surface area (TPSA) is 95.2 Å². The lowest BCUT2D eigenvalue weighted by atomic mass is 10.2. The third-order valence-corrected chi connectivity index (χ3v) is 1.95. The van der Waals surface area contributed by atoms with E-state index in [1.165, 1.54) is 6.21 Å². The highest BCUT2D eigenvalue weighted by Gasteiger charge is 2.10. The van der Waals surface area contributed by atoms with Gasteiger partial charge < -0.3 is 20.9 Å². The number of benzene rings is 1. The van der Waals surface area contributed by atoms with Gasteiger partial charge in [0.1, 0.15) is 0 Å². The Balaban J connectivity index is 3.09. The Hall–Kier alpha value is -2.24. The quantitative estimate of drug-likeness (QED) is 0.464. The van der Waals surface area contributed by atoms with Gasteiger partial charge in [-0.15, -0.1) is 5.10 Å². The number of guanidine groups is 1. The van der Waals surface area contributed by atoms with Gasteiger partial charge in [0.25, 0.3) is 0 Å². The Morgan fingerprint density at radius 2 is 2.06 bits per heavy atom. The van der Waals surface area contributed by atoms with Crippen LogP contribution in [0.1, 0.15) is 19.4 Å². The van der Waals surface area contributed by atoms with Crippen LogP contribution >= 0.6 is 0 Å². The normalized spacial score (nSPS) is 10.7. The monoisotopic (exact) mass is 250 g/mol. The molecule has 0 heterocycles. The summed E-state index contributed by atoms with van der Waals surface area (Å²) in [6, 6.07) is 5.49. The first kappa shape index (κ1) is 13.8. The maximum Gasteiger partial charge on any atom is 0.211 e. The highest BCUT2D eigenvalue weighted by molar-refractivity contribution is 5.86. The van der Waals surface area contributed by atoms with Crippen molar-refractivity contribution in [2.24, 2.45) is 21.7 Å². The molecule has 6 heteroatoms. The Morgan fingerprint density at radius 3 is 2.61 bits per heavy atom. The number of hydrogen-bond donors (Lipinski definition) is 2. The second-order valence-electron chi connectivity index (χ2n) is 3.81. The predicted octanol–water partition coefficient (Wildman–Crippen LogP) is 1.09. The van der Waals surface area contributed by atoms with Crippen molar-refractivity contribution in [2.75, 3.05) is 7.11 Å². The summed E-state index contributed by atoms with van der Waals surface area (Å²) in [5.74, 6) is 1.15. The lowest BCUT2D eigenvalue weighted by molar-refractivity contribution is 0.230. The van der Waals surface area contributed by atoms with E-state index in [0.29, 0.717) is 11.5 Å². The molecule has 98 valence electrons. The minimum atomic E-state index is -0.0968. The first-order valence-electron chi connectivity index (χ1n) is 5.50. The molecule has 0 aromatic heterocycles. The van der Waals surface area contributed by atoms with Crippen molar-refractivity contribution in [1.29, 1.82) is 0 Å². The highest BCUT2D eigenvalue weighted by Crippen LogP contribution is 2.30. The number of para-hydroxylation sites is 1. The molecule has 0 bridgehead atoms. The van der Waals surface area contributed by atoms with E-state index >= 15 is 0 Å². The molecule has 0 aliphatic heterocycles. The molecule has 4 N–H and O–H groups in total. The van der Waals surface area contributed by atoms with Crippen LogP contribution in [0.5, 0.6) is 11.5 Å². The Labute approximate surface area is 106 Å². The van der Waals surface area contributed by atoms with Gasteiger partial charge in [-0.1, -0.05) is 6.07 Å². The van der Waals surface area contributed by atoms with Crippen molar-refractivity contribution in [3.05, 3.63) is 23.8 Å². The number of hydrogen-bond acceptors (Lipinski definition) is 4. The Bertz CT molecular complexity index is 451. The summed E-state index contributed by atoms with van der Waals surface area (Å²) in [4.78, 5) is 0. The van der Waals surface area contributed by atoms with E-state index in [4.69, 9.17) is 20.9 Å². The van der Waals surface area contributed by atoms with Gasteiger partial charge >= 0.3 is 0 Å². The van der Waals surface area contributed by atoms with Crippen LogP contribution in [0.15, 0.2) is 28.4 Å². The van der Waals surface area contributed by atoms with E-state index in [1.807, 2.05) is 32.0 Å². The minimum Gasteiger partial charge on any atom is -0.493 e. The fourth-order valence-corrected chi connectivity index (χ4v) is 1.31. The standard InChI is InChI=1S/C12H18N4O2/c1-8(2)18-11-9(7-15-16-12(13)14)5-4-6-10(11)17-3/h4-8H,1-3H3,(H4,13,14,16)/b15-7-. The molecule has 0 atom stereocenters. The molecule has 0 saturated carbocycles. The second-order valence-corrected chi connectivity index (χ2v) is 3.81. The summed E-state index contributed by atoms with van der Waals surface area (Å²) in [6.45, 7) is 3.87. The zero-order chi connectivity index (χ0) is 13.5. The van der Waals surface area contributed by atoms with Crippen molar-refractivity contribution in [1.82, 2.24) is 0 Å². The minimum absolute atomic E-state index is 0.0246. The van der Waals surface area contributed by atoms with Crippen LogP contribution in [0.3, 0.4) is 0 Å². The summed E-state index contributed by atoms with van der Waals surface area (Å²) in [6.07, 6.45) is 1.54. The van der Waals surface area contributed by atoms with Gasteiger partial charge in [0.05, 0.1) is 19.4 Å². The van der Waals surface area contributed by atoms with E-state index in [1.54, 1.807) is 7.11 Å². The van der Waals surface area contributed by atoms with Gasteiger partial charge in [-0.2, -0.15) is 5.10 Å². The molecule has 0 saturated heterocycles. The largest absolute Gasteiger partial charge is 0.493 e. The zero-order valence-corrected chi connectivity index (χ0v) is 10.8. The van der Waals surface area contributed by atoms with E-state index < -0.39 is 0 Å². The van der Waals surface area contributed by atoms with Crippen LogP contribution < -0.4 is 20.9 Å². The summed E-state index contributed by atoms with van der Waals surface area (Å²) < 4.78 is 10.9. The summed E-state index contributed by atoms with van der Waals surface area (Å²) in [5, 5.41) is 7.30. The van der Waals surface area contributed by atoms with E-state index in [0.717, 1.165) is 5.56 Å². The van der Waals surface area contributed by atoms with Crippen LogP contribution in [-0.2, 0) is 0 Å². The first-order chi connectivity index (χ1) is 8.54. The van der Waals surface area contributed by atoms with Gasteiger partial charge in [-0.05, 0) is 26.0 Å². The van der Waals surface area contributed by atoms with Crippen LogP contribution in [-0.4, -0.2) is 25.4 Å². The molecule has 0 aliphatic carbocycles. The lowest BCUT2D eigenvalue weighted by Crippen LogP contribution is -2.21. The fourth-order valence-electron chi connectivity index (χ4n) is 1.31. The summed E-state index contributed by atoms with van der Waals surface area (Å²) in [7, 11) is 1.58.